The van der Waals surface area contributed by atoms with Crippen molar-refractivity contribution in [3.05, 3.63) is 46.3 Å². The van der Waals surface area contributed by atoms with Crippen molar-refractivity contribution in [1.29, 1.82) is 5.26 Å². The van der Waals surface area contributed by atoms with Crippen molar-refractivity contribution in [2.24, 2.45) is 5.92 Å². The van der Waals surface area contributed by atoms with Gasteiger partial charge in [-0.1, -0.05) is 12.1 Å². The van der Waals surface area contributed by atoms with Crippen molar-refractivity contribution in [2.45, 2.75) is 13.3 Å². The fourth-order valence-corrected chi connectivity index (χ4v) is 2.40. The lowest BCUT2D eigenvalue weighted by atomic mass is 10.1. The van der Waals surface area contributed by atoms with E-state index < -0.39 is 5.92 Å². The Hall–Kier alpha value is -2.19. The molecule has 0 saturated heterocycles. The molecule has 96 valence electrons. The highest BCUT2D eigenvalue weighted by Gasteiger charge is 2.19. The maximum absolute atomic E-state index is 12.0. The smallest absolute Gasteiger partial charge is 0.243 e. The molecule has 2 aromatic rings. The lowest BCUT2D eigenvalue weighted by Crippen LogP contribution is -2.23. The molecule has 2 aromatic heterocycles. The Morgan fingerprint density at radius 2 is 2.32 bits per heavy atom. The monoisotopic (exact) mass is 271 g/mol. The van der Waals surface area contributed by atoms with E-state index in [0.29, 0.717) is 12.2 Å². The van der Waals surface area contributed by atoms with Gasteiger partial charge in [0.2, 0.25) is 5.91 Å². The third kappa shape index (κ3) is 3.63. The van der Waals surface area contributed by atoms with Gasteiger partial charge in [-0.3, -0.25) is 4.79 Å². The highest BCUT2D eigenvalue weighted by molar-refractivity contribution is 7.09. The fraction of sp³-hybridized carbons (Fsp3) is 0.214. The van der Waals surface area contributed by atoms with Gasteiger partial charge in [-0.2, -0.15) is 5.26 Å². The summed E-state index contributed by atoms with van der Waals surface area (Å²) in [5.41, 5.74) is 0.824. The van der Waals surface area contributed by atoms with Crippen LogP contribution in [0.3, 0.4) is 0 Å². The van der Waals surface area contributed by atoms with Gasteiger partial charge in [0.15, 0.2) is 0 Å². The van der Waals surface area contributed by atoms with Gasteiger partial charge in [-0.25, -0.2) is 4.98 Å². The lowest BCUT2D eigenvalue weighted by Gasteiger charge is -2.09. The molecule has 1 atom stereocenters. The number of hydrogen-bond donors (Lipinski definition) is 1. The Labute approximate surface area is 115 Å². The van der Waals surface area contributed by atoms with Crippen LogP contribution in [0.15, 0.2) is 35.7 Å². The average Bonchev–Trinajstić information content (AvgIpc) is 2.88. The molecule has 0 bridgehead atoms. The van der Waals surface area contributed by atoms with E-state index in [2.05, 4.69) is 10.3 Å². The molecular weight excluding hydrogens is 258 g/mol. The highest BCUT2D eigenvalue weighted by atomic mass is 32.1. The first kappa shape index (κ1) is 13.2. The molecule has 0 spiro atoms. The van der Waals surface area contributed by atoms with Gasteiger partial charge >= 0.3 is 0 Å². The number of pyridine rings is 1. The number of nitriles is 1. The van der Waals surface area contributed by atoms with Gasteiger partial charge in [-0.15, -0.1) is 11.3 Å². The zero-order chi connectivity index (χ0) is 13.7. The number of carbonyl (C=O) groups is 1. The Kier molecular flexibility index (Phi) is 4.26. The number of carbonyl (C=O) groups excluding carboxylic acids is 1. The van der Waals surface area contributed by atoms with Gasteiger partial charge in [0.1, 0.15) is 11.7 Å². The van der Waals surface area contributed by atoms with Crippen molar-refractivity contribution >= 4 is 23.1 Å². The zero-order valence-corrected chi connectivity index (χ0v) is 11.3. The molecule has 2 heterocycles. The molecule has 0 fully saturated rings. The van der Waals surface area contributed by atoms with E-state index in [9.17, 15) is 4.79 Å². The van der Waals surface area contributed by atoms with Crippen molar-refractivity contribution in [2.75, 3.05) is 5.32 Å². The fourth-order valence-electron chi connectivity index (χ4n) is 1.65. The van der Waals surface area contributed by atoms with Crippen LogP contribution in [-0.2, 0) is 11.2 Å². The lowest BCUT2D eigenvalue weighted by molar-refractivity contribution is -0.118. The van der Waals surface area contributed by atoms with Crippen molar-refractivity contribution < 1.29 is 4.79 Å². The predicted octanol–water partition coefficient (Wildman–Crippen LogP) is 2.77. The minimum atomic E-state index is -0.694. The summed E-state index contributed by atoms with van der Waals surface area (Å²) in [6, 6.07) is 11.3. The zero-order valence-electron chi connectivity index (χ0n) is 10.5. The third-order valence-corrected chi connectivity index (χ3v) is 3.50. The van der Waals surface area contributed by atoms with Crippen LogP contribution >= 0.6 is 11.3 Å². The Balaban J connectivity index is 2.03. The molecule has 0 radical (unpaired) electrons. The van der Waals surface area contributed by atoms with E-state index >= 15 is 0 Å². The van der Waals surface area contributed by atoms with Crippen LogP contribution in [0.4, 0.5) is 5.82 Å². The second-order valence-corrected chi connectivity index (χ2v) is 5.15. The second-order valence-electron chi connectivity index (χ2n) is 4.12. The average molecular weight is 271 g/mol. The number of rotatable bonds is 4. The number of aromatic nitrogens is 1. The summed E-state index contributed by atoms with van der Waals surface area (Å²) in [5.74, 6) is -0.522. The number of thiophene rings is 1. The molecule has 2 rings (SSSR count). The van der Waals surface area contributed by atoms with Crippen LogP contribution in [0.5, 0.6) is 0 Å². The molecule has 1 N–H and O–H groups in total. The maximum atomic E-state index is 12.0. The summed E-state index contributed by atoms with van der Waals surface area (Å²) in [4.78, 5) is 17.2. The quantitative estimate of drug-likeness (QED) is 0.929. The number of amides is 1. The second kappa shape index (κ2) is 6.12. The van der Waals surface area contributed by atoms with Crippen LogP contribution < -0.4 is 5.32 Å². The van der Waals surface area contributed by atoms with E-state index in [1.54, 1.807) is 17.4 Å². The van der Waals surface area contributed by atoms with Crippen LogP contribution in [-0.4, -0.2) is 10.9 Å². The summed E-state index contributed by atoms with van der Waals surface area (Å²) in [6.07, 6.45) is 0.436. The Bertz CT molecular complexity index is 601. The molecule has 19 heavy (non-hydrogen) atoms. The topological polar surface area (TPSA) is 65.8 Å². The van der Waals surface area contributed by atoms with Gasteiger partial charge in [-0.05, 0) is 30.5 Å². The number of anilines is 1. The van der Waals surface area contributed by atoms with Crippen LogP contribution in [0.2, 0.25) is 0 Å². The van der Waals surface area contributed by atoms with Crippen molar-refractivity contribution in [3.63, 3.8) is 0 Å². The molecular formula is C14H13N3OS. The van der Waals surface area contributed by atoms with E-state index in [4.69, 9.17) is 5.26 Å². The molecule has 0 saturated carbocycles. The first-order valence-corrected chi connectivity index (χ1v) is 6.73. The summed E-state index contributed by atoms with van der Waals surface area (Å²) in [6.45, 7) is 1.85. The Morgan fingerprint density at radius 1 is 1.47 bits per heavy atom. The first-order valence-electron chi connectivity index (χ1n) is 5.85. The van der Waals surface area contributed by atoms with Gasteiger partial charge < -0.3 is 5.32 Å². The van der Waals surface area contributed by atoms with Crippen LogP contribution in [0.25, 0.3) is 0 Å². The number of nitrogens with zero attached hydrogens (tertiary/aromatic N) is 2. The molecule has 0 aliphatic carbocycles. The standard InChI is InChI=1S/C14H13N3OS/c1-10-4-2-6-13(16-10)17-14(18)11(9-15)8-12-5-3-7-19-12/h2-7,11H,8H2,1H3,(H,16,17,18). The molecule has 0 aromatic carbocycles. The molecule has 1 unspecified atom stereocenters. The summed E-state index contributed by atoms with van der Waals surface area (Å²) in [7, 11) is 0. The first-order chi connectivity index (χ1) is 9.19. The SMILES string of the molecule is Cc1cccc(NC(=O)C(C#N)Cc2cccs2)n1. The van der Waals surface area contributed by atoms with Crippen molar-refractivity contribution in [3.8, 4) is 6.07 Å². The van der Waals surface area contributed by atoms with Crippen LogP contribution in [0.1, 0.15) is 10.6 Å². The number of hydrogen-bond acceptors (Lipinski definition) is 4. The minimum absolute atomic E-state index is 0.311. The van der Waals surface area contributed by atoms with Crippen LogP contribution in [0, 0.1) is 24.2 Å². The maximum Gasteiger partial charge on any atom is 0.243 e. The molecule has 1 amide bonds. The summed E-state index contributed by atoms with van der Waals surface area (Å²) >= 11 is 1.55. The normalized spacial score (nSPS) is 11.6. The predicted molar refractivity (Wildman–Crippen MR) is 74.7 cm³/mol. The van der Waals surface area contributed by atoms with E-state index in [1.807, 2.05) is 42.6 Å². The third-order valence-electron chi connectivity index (χ3n) is 2.60. The molecule has 4 nitrogen and oxygen atoms in total. The van der Waals surface area contributed by atoms with E-state index in [-0.39, 0.29) is 5.91 Å². The Morgan fingerprint density at radius 3 is 2.95 bits per heavy atom. The van der Waals surface area contributed by atoms with Gasteiger partial charge in [0.25, 0.3) is 0 Å². The molecule has 0 aliphatic rings. The van der Waals surface area contributed by atoms with Crippen molar-refractivity contribution in [1.82, 2.24) is 4.98 Å². The van der Waals surface area contributed by atoms with E-state index in [1.165, 1.54) is 0 Å². The summed E-state index contributed by atoms with van der Waals surface area (Å²) in [5, 5.41) is 13.7. The number of nitrogens with one attached hydrogen (secondary N) is 1. The minimum Gasteiger partial charge on any atom is -0.310 e. The van der Waals surface area contributed by atoms with Gasteiger partial charge in [0, 0.05) is 17.0 Å². The molecule has 0 aliphatic heterocycles. The summed E-state index contributed by atoms with van der Waals surface area (Å²) < 4.78 is 0. The largest absolute Gasteiger partial charge is 0.310 e. The molecule has 5 heteroatoms. The highest BCUT2D eigenvalue weighted by Crippen LogP contribution is 2.15. The number of aryl methyl sites for hydroxylation is 1. The van der Waals surface area contributed by atoms with E-state index in [0.717, 1.165) is 10.6 Å². The van der Waals surface area contributed by atoms with Gasteiger partial charge in [0.05, 0.1) is 6.07 Å².